The highest BCUT2D eigenvalue weighted by molar-refractivity contribution is 5.92. The number of fused-ring (bicyclic) bond motifs is 2. The van der Waals surface area contributed by atoms with Crippen LogP contribution in [0.3, 0.4) is 0 Å². The van der Waals surface area contributed by atoms with Gasteiger partial charge >= 0.3 is 5.63 Å². The second-order valence-electron chi connectivity index (χ2n) is 9.95. The van der Waals surface area contributed by atoms with Crippen LogP contribution >= 0.6 is 0 Å². The van der Waals surface area contributed by atoms with Gasteiger partial charge in [0.05, 0.1) is 19.6 Å². The molecule has 1 aromatic heterocycles. The molecule has 1 atom stereocenters. The van der Waals surface area contributed by atoms with Crippen molar-refractivity contribution in [3.05, 3.63) is 57.4 Å². The van der Waals surface area contributed by atoms with Crippen LogP contribution in [0.5, 0.6) is 23.0 Å². The second-order valence-corrected chi connectivity index (χ2v) is 9.95. The molecule has 0 N–H and O–H groups in total. The van der Waals surface area contributed by atoms with Crippen LogP contribution in [-0.2, 0) is 6.42 Å². The molecule has 2 aromatic carbocycles. The molecule has 7 nitrogen and oxygen atoms in total. The fourth-order valence-corrected chi connectivity index (χ4v) is 5.73. The number of nitrogens with zero attached hydrogens (tertiary/aromatic N) is 1. The largest absolute Gasteiger partial charge is 0.496 e. The molecule has 1 saturated heterocycles. The first-order valence-corrected chi connectivity index (χ1v) is 13.5. The lowest BCUT2D eigenvalue weighted by Gasteiger charge is -2.25. The Morgan fingerprint density at radius 2 is 1.76 bits per heavy atom. The first-order valence-electron chi connectivity index (χ1n) is 13.5. The minimum Gasteiger partial charge on any atom is -0.496 e. The molecular weight excluding hydrogens is 470 g/mol. The highest BCUT2D eigenvalue weighted by atomic mass is 16.7. The Labute approximate surface area is 218 Å². The molecule has 2 aliphatic heterocycles. The van der Waals surface area contributed by atoms with Crippen molar-refractivity contribution < 1.29 is 23.4 Å². The zero-order valence-corrected chi connectivity index (χ0v) is 22.1. The average molecular weight is 508 g/mol. The van der Waals surface area contributed by atoms with E-state index in [1.165, 1.54) is 12.8 Å². The highest BCUT2D eigenvalue weighted by Gasteiger charge is 2.29. The third-order valence-electron chi connectivity index (χ3n) is 7.63. The van der Waals surface area contributed by atoms with Crippen LogP contribution < -0.4 is 24.6 Å². The lowest BCUT2D eigenvalue weighted by atomic mass is 9.85. The van der Waals surface area contributed by atoms with Crippen LogP contribution in [0.4, 0.5) is 0 Å². The fourth-order valence-electron chi connectivity index (χ4n) is 5.73. The van der Waals surface area contributed by atoms with Crippen LogP contribution in [-0.4, -0.2) is 45.5 Å². The molecule has 0 unspecified atom stereocenters. The normalized spacial score (nSPS) is 15.9. The molecule has 198 valence electrons. The van der Waals surface area contributed by atoms with E-state index in [0.29, 0.717) is 17.1 Å². The van der Waals surface area contributed by atoms with Gasteiger partial charge in [-0.2, -0.15) is 0 Å². The maximum Gasteiger partial charge on any atom is 0.336 e. The summed E-state index contributed by atoms with van der Waals surface area (Å²) < 4.78 is 29.0. The predicted molar refractivity (Wildman–Crippen MR) is 144 cm³/mol. The van der Waals surface area contributed by atoms with Crippen molar-refractivity contribution in [3.63, 3.8) is 0 Å². The SMILES string of the molecule is CCCCCc1cc(=O)oc2c([C@H](CCN3CCCC3)c3ccc4c(c3)OCO4)c(OC)cc(OC)c12. The second kappa shape index (κ2) is 11.5. The average Bonchev–Trinajstić information content (AvgIpc) is 3.60. The molecule has 0 saturated carbocycles. The number of methoxy groups -OCH3 is 2. The Balaban J connectivity index is 1.69. The van der Waals surface area contributed by atoms with Crippen molar-refractivity contribution in [3.8, 4) is 23.0 Å². The number of benzene rings is 2. The monoisotopic (exact) mass is 507 g/mol. The highest BCUT2D eigenvalue weighted by Crippen LogP contribution is 2.46. The van der Waals surface area contributed by atoms with Crippen molar-refractivity contribution in [2.75, 3.05) is 40.6 Å². The first-order chi connectivity index (χ1) is 18.1. The van der Waals surface area contributed by atoms with Gasteiger partial charge in [-0.15, -0.1) is 0 Å². The third-order valence-corrected chi connectivity index (χ3v) is 7.63. The van der Waals surface area contributed by atoms with Crippen molar-refractivity contribution in [2.45, 2.75) is 57.8 Å². The Bertz CT molecular complexity index is 1290. The lowest BCUT2D eigenvalue weighted by Crippen LogP contribution is -2.22. The predicted octanol–water partition coefficient (Wildman–Crippen LogP) is 5.89. The molecule has 7 heteroatoms. The zero-order valence-electron chi connectivity index (χ0n) is 22.1. The standard InChI is InChI=1S/C30H37NO6/c1-4-5-6-9-21-17-27(32)37-30-28(21)25(33-2)18-26(34-3)29(30)22(12-15-31-13-7-8-14-31)20-10-11-23-24(16-20)36-19-35-23/h10-11,16-18,22H,4-9,12-15,19H2,1-3H3/t22-/m1/s1. The maximum atomic E-state index is 12.9. The molecule has 0 aliphatic carbocycles. The van der Waals surface area contributed by atoms with Crippen molar-refractivity contribution in [2.24, 2.45) is 0 Å². The van der Waals surface area contributed by atoms with Gasteiger partial charge in [0.2, 0.25) is 6.79 Å². The summed E-state index contributed by atoms with van der Waals surface area (Å²) in [5, 5.41) is 0.862. The van der Waals surface area contributed by atoms with Crippen LogP contribution in [0.25, 0.3) is 11.0 Å². The van der Waals surface area contributed by atoms with Gasteiger partial charge in [-0.3, -0.25) is 0 Å². The van der Waals surface area contributed by atoms with E-state index in [1.807, 2.05) is 12.1 Å². The van der Waals surface area contributed by atoms with E-state index in [-0.39, 0.29) is 18.3 Å². The molecule has 0 radical (unpaired) electrons. The van der Waals surface area contributed by atoms with E-state index >= 15 is 0 Å². The Morgan fingerprint density at radius 3 is 2.51 bits per heavy atom. The molecule has 0 spiro atoms. The van der Waals surface area contributed by atoms with Gasteiger partial charge in [-0.05, 0) is 75.0 Å². The quantitative estimate of drug-likeness (QED) is 0.237. The number of rotatable bonds is 11. The number of hydrogen-bond acceptors (Lipinski definition) is 7. The van der Waals surface area contributed by atoms with Gasteiger partial charge in [0.15, 0.2) is 11.5 Å². The molecule has 5 rings (SSSR count). The van der Waals surface area contributed by atoms with Crippen molar-refractivity contribution >= 4 is 11.0 Å². The maximum absolute atomic E-state index is 12.9. The number of hydrogen-bond donors (Lipinski definition) is 0. The summed E-state index contributed by atoms with van der Waals surface area (Å²) in [7, 11) is 3.31. The van der Waals surface area contributed by atoms with Crippen LogP contribution in [0.2, 0.25) is 0 Å². The lowest BCUT2D eigenvalue weighted by molar-refractivity contribution is 0.174. The Kier molecular flexibility index (Phi) is 7.89. The molecular formula is C30H37NO6. The van der Waals surface area contributed by atoms with Gasteiger partial charge in [0.1, 0.15) is 17.1 Å². The zero-order chi connectivity index (χ0) is 25.8. The molecule has 3 aromatic rings. The first kappa shape index (κ1) is 25.5. The van der Waals surface area contributed by atoms with Gasteiger partial charge in [-0.25, -0.2) is 4.79 Å². The summed E-state index contributed by atoms with van der Waals surface area (Å²) in [6.45, 7) is 5.58. The summed E-state index contributed by atoms with van der Waals surface area (Å²) in [5.41, 5.74) is 3.13. The smallest absolute Gasteiger partial charge is 0.336 e. The van der Waals surface area contributed by atoms with E-state index in [9.17, 15) is 4.79 Å². The van der Waals surface area contributed by atoms with E-state index in [0.717, 1.165) is 85.3 Å². The summed E-state index contributed by atoms with van der Waals surface area (Å²) in [4.78, 5) is 15.4. The molecule has 0 bridgehead atoms. The van der Waals surface area contributed by atoms with E-state index in [2.05, 4.69) is 24.0 Å². The fraction of sp³-hybridized carbons (Fsp3) is 0.500. The van der Waals surface area contributed by atoms with E-state index in [1.54, 1.807) is 20.3 Å². The number of aryl methyl sites for hydroxylation is 1. The summed E-state index contributed by atoms with van der Waals surface area (Å²) >= 11 is 0. The summed E-state index contributed by atoms with van der Waals surface area (Å²) in [5.74, 6) is 2.73. The number of likely N-dealkylation sites (tertiary alicyclic amines) is 1. The Hall–Kier alpha value is -3.19. The van der Waals surface area contributed by atoms with Gasteiger partial charge < -0.3 is 28.3 Å². The topological polar surface area (TPSA) is 70.4 Å². The van der Waals surface area contributed by atoms with Gasteiger partial charge in [0, 0.05) is 23.6 Å². The number of unbranched alkanes of at least 4 members (excludes halogenated alkanes) is 2. The molecule has 0 amide bonds. The van der Waals surface area contributed by atoms with E-state index in [4.69, 9.17) is 23.4 Å². The van der Waals surface area contributed by atoms with Crippen molar-refractivity contribution in [1.29, 1.82) is 0 Å². The summed E-state index contributed by atoms with van der Waals surface area (Å²) in [6, 6.07) is 9.66. The third kappa shape index (κ3) is 5.28. The van der Waals surface area contributed by atoms with Gasteiger partial charge in [-0.1, -0.05) is 25.8 Å². The van der Waals surface area contributed by atoms with Crippen LogP contribution in [0.15, 0.2) is 39.5 Å². The van der Waals surface area contributed by atoms with E-state index < -0.39 is 0 Å². The molecule has 3 heterocycles. The molecule has 1 fully saturated rings. The molecule has 37 heavy (non-hydrogen) atoms. The van der Waals surface area contributed by atoms with Crippen LogP contribution in [0.1, 0.15) is 68.1 Å². The van der Waals surface area contributed by atoms with Crippen molar-refractivity contribution in [1.82, 2.24) is 4.90 Å². The molecule has 2 aliphatic rings. The number of ether oxygens (including phenoxy) is 4. The van der Waals surface area contributed by atoms with Gasteiger partial charge in [0.25, 0.3) is 0 Å². The minimum atomic E-state index is -0.348. The van der Waals surface area contributed by atoms with Crippen LogP contribution in [0, 0.1) is 0 Å². The summed E-state index contributed by atoms with van der Waals surface area (Å²) in [6.07, 6.45) is 7.32. The Morgan fingerprint density at radius 1 is 0.973 bits per heavy atom. The minimum absolute atomic E-state index is 0.0764.